The third-order valence-electron chi connectivity index (χ3n) is 8.29. The normalized spacial score (nSPS) is 19.4. The van der Waals surface area contributed by atoms with Gasteiger partial charge in [-0.2, -0.15) is 0 Å². The van der Waals surface area contributed by atoms with Crippen LogP contribution in [0.3, 0.4) is 0 Å². The van der Waals surface area contributed by atoms with Gasteiger partial charge in [0.2, 0.25) is 12.7 Å². The van der Waals surface area contributed by atoms with E-state index >= 15 is 4.39 Å². The highest BCUT2D eigenvalue weighted by Crippen LogP contribution is 2.49. The Hall–Kier alpha value is -4.18. The number of aliphatic carboxylic acids is 1. The first-order chi connectivity index (χ1) is 20.6. The second kappa shape index (κ2) is 12.6. The molecule has 43 heavy (non-hydrogen) atoms. The molecule has 0 aliphatic carbocycles. The summed E-state index contributed by atoms with van der Waals surface area (Å²) in [4.78, 5) is 28.2. The number of carboxylic acids is 1. The summed E-state index contributed by atoms with van der Waals surface area (Å²) in [5, 5.41) is 13.5. The molecule has 0 bridgehead atoms. The third kappa shape index (κ3) is 6.01. The number of anilines is 1. The minimum Gasteiger partial charge on any atom is -0.494 e. The van der Waals surface area contributed by atoms with Crippen molar-refractivity contribution in [1.82, 2.24) is 4.90 Å². The quantitative estimate of drug-likeness (QED) is 0.297. The molecule has 2 aliphatic heterocycles. The van der Waals surface area contributed by atoms with Gasteiger partial charge in [0.15, 0.2) is 11.5 Å². The fourth-order valence-corrected chi connectivity index (χ4v) is 6.35. The second-order valence-corrected chi connectivity index (χ2v) is 10.9. The number of carboxylic acid groups (broad SMARTS) is 1. The number of fused-ring (bicyclic) bond motifs is 1. The number of nitrogens with zero attached hydrogens (tertiary/aromatic N) is 1. The monoisotopic (exact) mass is 594 g/mol. The molecule has 10 heteroatoms. The van der Waals surface area contributed by atoms with Crippen molar-refractivity contribution < 1.29 is 37.7 Å². The highest BCUT2D eigenvalue weighted by molar-refractivity contribution is 5.94. The molecule has 3 aromatic rings. The Morgan fingerprint density at radius 3 is 2.28 bits per heavy atom. The number of hydrogen-bond donors (Lipinski definition) is 2. The number of ether oxygens (including phenoxy) is 3. The molecule has 5 rings (SSSR count). The van der Waals surface area contributed by atoms with Crippen LogP contribution in [0.1, 0.15) is 60.5 Å². The Morgan fingerprint density at radius 2 is 1.67 bits per heavy atom. The highest BCUT2D eigenvalue weighted by Gasteiger charge is 2.49. The maximum atomic E-state index is 15.7. The number of amides is 1. The molecule has 3 aromatic carbocycles. The van der Waals surface area contributed by atoms with Crippen molar-refractivity contribution in [3.63, 3.8) is 0 Å². The van der Waals surface area contributed by atoms with E-state index in [1.54, 1.807) is 24.0 Å². The molecule has 228 valence electrons. The molecule has 1 amide bonds. The number of rotatable bonds is 10. The van der Waals surface area contributed by atoms with Crippen LogP contribution in [0.25, 0.3) is 0 Å². The van der Waals surface area contributed by atoms with Crippen molar-refractivity contribution in [3.05, 3.63) is 81.9 Å². The maximum absolute atomic E-state index is 15.7. The van der Waals surface area contributed by atoms with Gasteiger partial charge in [-0.15, -0.1) is 0 Å². The zero-order chi connectivity index (χ0) is 30.8. The molecule has 1 unspecified atom stereocenters. The number of halogens is 2. The summed E-state index contributed by atoms with van der Waals surface area (Å²) < 4.78 is 46.4. The molecule has 2 aliphatic rings. The second-order valence-electron chi connectivity index (χ2n) is 10.9. The average molecular weight is 595 g/mol. The topological polar surface area (TPSA) is 97.3 Å². The van der Waals surface area contributed by atoms with Gasteiger partial charge in [-0.05, 0) is 79.3 Å². The van der Waals surface area contributed by atoms with Gasteiger partial charge in [0.25, 0.3) is 0 Å². The lowest BCUT2D eigenvalue weighted by molar-refractivity contribution is -0.143. The third-order valence-corrected chi connectivity index (χ3v) is 8.29. The zero-order valence-corrected chi connectivity index (χ0v) is 24.7. The van der Waals surface area contributed by atoms with E-state index in [1.165, 1.54) is 24.3 Å². The van der Waals surface area contributed by atoms with Crippen molar-refractivity contribution in [1.29, 1.82) is 0 Å². The number of carbonyl (C=O) groups excluding carboxylic acids is 1. The van der Waals surface area contributed by atoms with Crippen LogP contribution >= 0.6 is 0 Å². The lowest BCUT2D eigenvalue weighted by atomic mass is 9.81. The minimum absolute atomic E-state index is 0.0699. The van der Waals surface area contributed by atoms with Crippen molar-refractivity contribution in [3.8, 4) is 17.2 Å². The Balaban J connectivity index is 1.54. The number of benzene rings is 3. The summed E-state index contributed by atoms with van der Waals surface area (Å²) in [6.07, 6.45) is 1.02. The van der Waals surface area contributed by atoms with Gasteiger partial charge < -0.3 is 24.6 Å². The number of likely N-dealkylation sites (tertiary alicyclic amines) is 1. The van der Waals surface area contributed by atoms with E-state index in [4.69, 9.17) is 14.2 Å². The molecule has 2 N–H and O–H groups in total. The molecule has 0 spiro atoms. The van der Waals surface area contributed by atoms with Crippen molar-refractivity contribution in [2.24, 2.45) is 5.92 Å². The van der Waals surface area contributed by atoms with Crippen LogP contribution in [0, 0.1) is 24.5 Å². The highest BCUT2D eigenvalue weighted by atomic mass is 19.1. The molecule has 2 heterocycles. The van der Waals surface area contributed by atoms with Gasteiger partial charge in [-0.1, -0.05) is 19.9 Å². The average Bonchev–Trinajstić information content (AvgIpc) is 3.57. The predicted octanol–water partition coefficient (Wildman–Crippen LogP) is 6.01. The van der Waals surface area contributed by atoms with Crippen LogP contribution in [0.5, 0.6) is 17.2 Å². The lowest BCUT2D eigenvalue weighted by Gasteiger charge is -2.27. The molecule has 3 atom stereocenters. The molecule has 1 fully saturated rings. The van der Waals surface area contributed by atoms with E-state index in [9.17, 15) is 19.1 Å². The molecule has 1 saturated heterocycles. The standard InChI is InChI=1S/C33H36F2N2O6/c1-5-19-11-21(34)12-20(6-2)31(19)36-29(38)16-37-15-25(24-14-28-27(10-18(24)4)42-17-43-28)30(33(39)40)32(37)23-9-8-22(41-7-3)13-26(23)35/h8-14,25,30,32H,5-7,15-17H2,1-4H3,(H,36,38)(H,39,40)/t25-,30?,32+/m1/s1. The van der Waals surface area contributed by atoms with Crippen molar-refractivity contribution >= 4 is 17.6 Å². The molecular weight excluding hydrogens is 558 g/mol. The Labute approximate surface area is 249 Å². The van der Waals surface area contributed by atoms with Crippen LogP contribution < -0.4 is 19.5 Å². The lowest BCUT2D eigenvalue weighted by Crippen LogP contribution is -2.36. The van der Waals surface area contributed by atoms with Gasteiger partial charge in [0, 0.05) is 29.8 Å². The van der Waals surface area contributed by atoms with Gasteiger partial charge in [0.1, 0.15) is 17.4 Å². The first-order valence-corrected chi connectivity index (χ1v) is 14.5. The van der Waals surface area contributed by atoms with Gasteiger partial charge in [-0.25, -0.2) is 8.78 Å². The van der Waals surface area contributed by atoms with Crippen molar-refractivity contribution in [2.75, 3.05) is 31.8 Å². The van der Waals surface area contributed by atoms with E-state index in [1.807, 2.05) is 26.8 Å². The molecule has 0 saturated carbocycles. The van der Waals surface area contributed by atoms with Crippen LogP contribution in [0.15, 0.2) is 42.5 Å². The zero-order valence-electron chi connectivity index (χ0n) is 24.7. The molecule has 0 aromatic heterocycles. The summed E-state index contributed by atoms with van der Waals surface area (Å²) in [6.45, 7) is 7.80. The Kier molecular flexibility index (Phi) is 8.87. The van der Waals surface area contributed by atoms with Gasteiger partial charge in [0.05, 0.1) is 25.1 Å². The fourth-order valence-electron chi connectivity index (χ4n) is 6.35. The van der Waals surface area contributed by atoms with E-state index in [0.29, 0.717) is 53.5 Å². The summed E-state index contributed by atoms with van der Waals surface area (Å²) in [6, 6.07) is 9.83. The number of aryl methyl sites for hydroxylation is 3. The van der Waals surface area contributed by atoms with Crippen molar-refractivity contribution in [2.45, 2.75) is 52.5 Å². The van der Waals surface area contributed by atoms with E-state index < -0.39 is 35.6 Å². The maximum Gasteiger partial charge on any atom is 0.309 e. The smallest absolute Gasteiger partial charge is 0.309 e. The van der Waals surface area contributed by atoms with E-state index in [2.05, 4.69) is 5.32 Å². The first kappa shape index (κ1) is 30.3. The van der Waals surface area contributed by atoms with Crippen LogP contribution in [-0.2, 0) is 22.4 Å². The SMILES string of the molecule is CCOc1ccc([C@H]2C(C(=O)O)[C@@H](c3cc4c(cc3C)OCO4)CN2CC(=O)Nc2c(CC)cc(F)cc2CC)c(F)c1. The number of hydrogen-bond acceptors (Lipinski definition) is 6. The van der Waals surface area contributed by atoms with E-state index in [-0.39, 0.29) is 31.3 Å². The Bertz CT molecular complexity index is 1520. The minimum atomic E-state index is -1.11. The molecular formula is C33H36F2N2O6. The summed E-state index contributed by atoms with van der Waals surface area (Å²) in [5.41, 5.74) is 3.59. The van der Waals surface area contributed by atoms with Crippen LogP contribution in [0.4, 0.5) is 14.5 Å². The molecule has 0 radical (unpaired) electrons. The number of nitrogens with one attached hydrogen (secondary N) is 1. The summed E-state index contributed by atoms with van der Waals surface area (Å²) >= 11 is 0. The van der Waals surface area contributed by atoms with E-state index in [0.717, 1.165) is 11.1 Å². The van der Waals surface area contributed by atoms with Crippen LogP contribution in [0.2, 0.25) is 0 Å². The van der Waals surface area contributed by atoms with Gasteiger partial charge in [-0.3, -0.25) is 14.5 Å². The predicted molar refractivity (Wildman–Crippen MR) is 157 cm³/mol. The van der Waals surface area contributed by atoms with Crippen LogP contribution in [-0.4, -0.2) is 48.4 Å². The Morgan fingerprint density at radius 1 is 1.00 bits per heavy atom. The largest absolute Gasteiger partial charge is 0.494 e. The van der Waals surface area contributed by atoms with Gasteiger partial charge >= 0.3 is 5.97 Å². The fraction of sp³-hybridized carbons (Fsp3) is 0.394. The number of carbonyl (C=O) groups is 2. The first-order valence-electron chi connectivity index (χ1n) is 14.5. The summed E-state index contributed by atoms with van der Waals surface area (Å²) in [5.74, 6) is -2.74. The molecule has 8 nitrogen and oxygen atoms in total. The summed E-state index contributed by atoms with van der Waals surface area (Å²) in [7, 11) is 0.